The lowest BCUT2D eigenvalue weighted by Gasteiger charge is -2.36. The highest BCUT2D eigenvalue weighted by Crippen LogP contribution is 2.43. The molecule has 1 N–H and O–H groups in total. The molecule has 2 radical (unpaired) electrons. The minimum absolute atomic E-state index is 0.0433. The number of fused-ring (bicyclic) bond motifs is 3. The van der Waals surface area contributed by atoms with Crippen LogP contribution in [-0.2, 0) is 6.42 Å². The number of nitrogens with zero attached hydrogens (tertiary/aromatic N) is 1. The molecular formula is C41H51BN2. The van der Waals surface area contributed by atoms with Crippen LogP contribution in [0.5, 0.6) is 0 Å². The molecule has 0 aromatic heterocycles. The first-order valence-electron chi connectivity index (χ1n) is 16.8. The summed E-state index contributed by atoms with van der Waals surface area (Å²) < 4.78 is 0. The van der Waals surface area contributed by atoms with Gasteiger partial charge in [-0.1, -0.05) is 104 Å². The molecule has 0 saturated carbocycles. The Balaban J connectivity index is 1.27. The maximum absolute atomic E-state index is 6.07. The zero-order chi connectivity index (χ0) is 31.4. The van der Waals surface area contributed by atoms with E-state index in [4.69, 9.17) is 7.85 Å². The maximum atomic E-state index is 6.07. The van der Waals surface area contributed by atoms with E-state index in [1.807, 2.05) is 6.07 Å². The van der Waals surface area contributed by atoms with Gasteiger partial charge in [-0.05, 0) is 110 Å². The molecule has 228 valence electrons. The summed E-state index contributed by atoms with van der Waals surface area (Å²) in [6, 6.07) is 10.8. The van der Waals surface area contributed by atoms with Gasteiger partial charge in [0, 0.05) is 36.6 Å². The highest BCUT2D eigenvalue weighted by molar-refractivity contribution is 6.33. The van der Waals surface area contributed by atoms with Crippen LogP contribution < -0.4 is 15.7 Å². The van der Waals surface area contributed by atoms with E-state index < -0.39 is 0 Å². The molecule has 3 heteroatoms. The number of allylic oxidation sites excluding steroid dienone is 13. The minimum Gasteiger partial charge on any atom is -0.385 e. The van der Waals surface area contributed by atoms with E-state index in [9.17, 15) is 0 Å². The lowest BCUT2D eigenvalue weighted by Crippen LogP contribution is -2.29. The summed E-state index contributed by atoms with van der Waals surface area (Å²) in [6.45, 7) is 17.9. The molecule has 0 fully saturated rings. The SMILES string of the molecule is [B]c1ccc2c3c(ccc2c1)N(CC)/C(=C/CC1C=C(/C=C/C(C)C(C)(C)C2=C(NCC)C=C/C(=C/C(C)=C\C)C2)CC1)C3. The van der Waals surface area contributed by atoms with Gasteiger partial charge in [-0.15, -0.1) is 0 Å². The molecule has 2 aromatic rings. The van der Waals surface area contributed by atoms with Crippen molar-refractivity contribution in [1.82, 2.24) is 5.32 Å². The fourth-order valence-electron chi connectivity index (χ4n) is 7.10. The maximum Gasteiger partial charge on any atom is 0.113 e. The minimum atomic E-state index is 0.0433. The van der Waals surface area contributed by atoms with Gasteiger partial charge in [0.25, 0.3) is 0 Å². The summed E-state index contributed by atoms with van der Waals surface area (Å²) >= 11 is 0. The van der Waals surface area contributed by atoms with Crippen molar-refractivity contribution >= 4 is 29.8 Å². The Morgan fingerprint density at radius 1 is 1.14 bits per heavy atom. The van der Waals surface area contributed by atoms with Crippen LogP contribution in [0.15, 0.2) is 113 Å². The summed E-state index contributed by atoms with van der Waals surface area (Å²) in [4.78, 5) is 2.51. The normalized spacial score (nSPS) is 21.7. The fraction of sp³-hybridized carbons (Fsp3) is 0.415. The third-order valence-corrected chi connectivity index (χ3v) is 10.3. The first kappa shape index (κ1) is 32.0. The van der Waals surface area contributed by atoms with E-state index >= 15 is 0 Å². The van der Waals surface area contributed by atoms with Gasteiger partial charge in [-0.2, -0.15) is 0 Å². The molecule has 0 bridgehead atoms. The second kappa shape index (κ2) is 13.7. The van der Waals surface area contributed by atoms with E-state index in [-0.39, 0.29) is 5.41 Å². The quantitative estimate of drug-likeness (QED) is 0.281. The first-order valence-corrected chi connectivity index (χ1v) is 16.8. The first-order chi connectivity index (χ1) is 21.1. The Labute approximate surface area is 268 Å². The Morgan fingerprint density at radius 3 is 2.70 bits per heavy atom. The van der Waals surface area contributed by atoms with Crippen LogP contribution in [0.3, 0.4) is 0 Å². The number of nitrogens with one attached hydrogen (secondary N) is 1. The van der Waals surface area contributed by atoms with Crippen LogP contribution in [0, 0.1) is 17.3 Å². The van der Waals surface area contributed by atoms with Crippen molar-refractivity contribution in [2.24, 2.45) is 17.3 Å². The van der Waals surface area contributed by atoms with Gasteiger partial charge < -0.3 is 10.2 Å². The zero-order valence-corrected chi connectivity index (χ0v) is 28.1. The van der Waals surface area contributed by atoms with Crippen LogP contribution >= 0.6 is 0 Å². The lowest BCUT2D eigenvalue weighted by atomic mass is 9.69. The fourth-order valence-corrected chi connectivity index (χ4v) is 7.10. The summed E-state index contributed by atoms with van der Waals surface area (Å²) in [5, 5.41) is 6.22. The van der Waals surface area contributed by atoms with Gasteiger partial charge >= 0.3 is 0 Å². The van der Waals surface area contributed by atoms with E-state index in [1.165, 1.54) is 68.6 Å². The van der Waals surface area contributed by atoms with E-state index in [0.717, 1.165) is 37.8 Å². The molecular weight excluding hydrogens is 531 g/mol. The molecule has 0 amide bonds. The molecule has 0 saturated heterocycles. The highest BCUT2D eigenvalue weighted by atomic mass is 15.2. The monoisotopic (exact) mass is 582 g/mol. The van der Waals surface area contributed by atoms with Crippen LogP contribution in [-0.4, -0.2) is 20.9 Å². The molecule has 1 heterocycles. The molecule has 2 aliphatic carbocycles. The Bertz CT molecular complexity index is 1610. The standard InChI is InChI=1S/C41H51BN2/c1-8-28(4)23-32-16-21-39(43-9-2)38(25-32)41(6,7)29(5)11-12-30-13-14-31(24-30)15-19-35-27-37-36-20-18-34(42)26-33(36)17-22-40(37)44(35)10-3/h8,11-12,16-24,26,29,31,43H,9-10,13-15,25,27H2,1-7H3/b12-11+,28-8-,32-23-,35-19+. The largest absolute Gasteiger partial charge is 0.385 e. The topological polar surface area (TPSA) is 15.3 Å². The van der Waals surface area contributed by atoms with Gasteiger partial charge in [0.05, 0.1) is 0 Å². The summed E-state index contributed by atoms with van der Waals surface area (Å²) in [6.07, 6.45) is 24.5. The van der Waals surface area contributed by atoms with Crippen molar-refractivity contribution < 1.29 is 0 Å². The third kappa shape index (κ3) is 6.78. The zero-order valence-electron chi connectivity index (χ0n) is 28.1. The number of rotatable bonds is 10. The Morgan fingerprint density at radius 2 is 1.95 bits per heavy atom. The summed E-state index contributed by atoms with van der Waals surface area (Å²) in [7, 11) is 6.07. The van der Waals surface area contributed by atoms with E-state index in [2.05, 4.69) is 132 Å². The average Bonchev–Trinajstić information content (AvgIpc) is 3.63. The number of likely N-dealkylation sites (N-methyl/N-ethyl adjacent to an activating group) is 2. The van der Waals surface area contributed by atoms with Crippen molar-refractivity contribution in [1.29, 1.82) is 0 Å². The van der Waals surface area contributed by atoms with Crippen LogP contribution in [0.1, 0.15) is 79.7 Å². The molecule has 1 aliphatic heterocycles. The molecule has 2 unspecified atom stereocenters. The Hall–Kier alpha value is -3.46. The van der Waals surface area contributed by atoms with Gasteiger partial charge in [-0.25, -0.2) is 0 Å². The van der Waals surface area contributed by atoms with Crippen molar-refractivity contribution in [3.63, 3.8) is 0 Å². The molecule has 5 rings (SSSR count). The molecule has 2 nitrogen and oxygen atoms in total. The van der Waals surface area contributed by atoms with Gasteiger partial charge in [0.15, 0.2) is 0 Å². The van der Waals surface area contributed by atoms with E-state index in [0.29, 0.717) is 11.8 Å². The van der Waals surface area contributed by atoms with Crippen molar-refractivity contribution in [3.05, 3.63) is 118 Å². The predicted octanol–water partition coefficient (Wildman–Crippen LogP) is 9.56. The second-order valence-corrected chi connectivity index (χ2v) is 13.5. The van der Waals surface area contributed by atoms with Crippen molar-refractivity contribution in [2.75, 3.05) is 18.0 Å². The van der Waals surface area contributed by atoms with Crippen LogP contribution in [0.2, 0.25) is 0 Å². The van der Waals surface area contributed by atoms with Crippen molar-refractivity contribution in [3.8, 4) is 0 Å². The lowest BCUT2D eigenvalue weighted by molar-refractivity contribution is 0.331. The number of hydrogen-bond donors (Lipinski definition) is 1. The summed E-state index contributed by atoms with van der Waals surface area (Å²) in [5.41, 5.74) is 12.1. The van der Waals surface area contributed by atoms with Gasteiger partial charge in [0.1, 0.15) is 7.85 Å². The molecule has 2 atom stereocenters. The van der Waals surface area contributed by atoms with Crippen molar-refractivity contribution in [2.45, 2.75) is 80.6 Å². The Kier molecular flexibility index (Phi) is 9.93. The molecule has 3 aliphatic rings. The predicted molar refractivity (Wildman–Crippen MR) is 194 cm³/mol. The van der Waals surface area contributed by atoms with Gasteiger partial charge in [0.2, 0.25) is 0 Å². The van der Waals surface area contributed by atoms with Crippen LogP contribution in [0.4, 0.5) is 5.69 Å². The molecule has 0 spiro atoms. The highest BCUT2D eigenvalue weighted by Gasteiger charge is 2.32. The summed E-state index contributed by atoms with van der Waals surface area (Å²) in [5.74, 6) is 1.03. The number of anilines is 1. The molecule has 44 heavy (non-hydrogen) atoms. The van der Waals surface area contributed by atoms with Gasteiger partial charge in [-0.3, -0.25) is 0 Å². The second-order valence-electron chi connectivity index (χ2n) is 13.5. The average molecular weight is 583 g/mol. The third-order valence-electron chi connectivity index (χ3n) is 10.3. The molecule has 2 aromatic carbocycles. The van der Waals surface area contributed by atoms with E-state index in [1.54, 1.807) is 0 Å². The van der Waals surface area contributed by atoms with Crippen LogP contribution in [0.25, 0.3) is 10.8 Å². The smallest absolute Gasteiger partial charge is 0.113 e. The number of hydrogen-bond acceptors (Lipinski definition) is 2. The number of benzene rings is 2.